The highest BCUT2D eigenvalue weighted by molar-refractivity contribution is 5.99. The largest absolute Gasteiger partial charge is 0.496 e. The zero-order valence-electron chi connectivity index (χ0n) is 21.1. The number of hydrogen-bond acceptors (Lipinski definition) is 4. The highest BCUT2D eigenvalue weighted by Crippen LogP contribution is 2.36. The Balaban J connectivity index is 1.36. The van der Waals surface area contributed by atoms with Crippen LogP contribution >= 0.6 is 0 Å². The number of aromatic amines is 1. The SMILES string of the molecule is CCOCCC1CCN(C(=N)c2cccc(-c3cnc4[nH]cc(-c5ccccc5OC)c4c3)c2)CC1. The number of aromatic nitrogens is 2. The summed E-state index contributed by atoms with van der Waals surface area (Å²) in [6.45, 7) is 5.54. The summed E-state index contributed by atoms with van der Waals surface area (Å²) in [5.74, 6) is 2.13. The normalized spacial score (nSPS) is 14.3. The van der Waals surface area contributed by atoms with Gasteiger partial charge >= 0.3 is 0 Å². The van der Waals surface area contributed by atoms with Crippen LogP contribution < -0.4 is 4.74 Å². The number of para-hydroxylation sites is 1. The summed E-state index contributed by atoms with van der Waals surface area (Å²) in [7, 11) is 1.70. The highest BCUT2D eigenvalue weighted by Gasteiger charge is 2.22. The van der Waals surface area contributed by atoms with E-state index in [0.29, 0.717) is 11.8 Å². The van der Waals surface area contributed by atoms with Crippen LogP contribution in [-0.2, 0) is 4.74 Å². The van der Waals surface area contributed by atoms with Crippen LogP contribution in [0.2, 0.25) is 0 Å². The van der Waals surface area contributed by atoms with Crippen LogP contribution in [0.3, 0.4) is 0 Å². The third-order valence-electron chi connectivity index (χ3n) is 7.20. The summed E-state index contributed by atoms with van der Waals surface area (Å²) in [4.78, 5) is 10.2. The van der Waals surface area contributed by atoms with Gasteiger partial charge in [0, 0.05) is 66.3 Å². The van der Waals surface area contributed by atoms with Crippen molar-refractivity contribution in [3.05, 3.63) is 72.6 Å². The zero-order chi connectivity index (χ0) is 24.9. The molecule has 4 aromatic rings. The molecular formula is C30H34N4O2. The van der Waals surface area contributed by atoms with Gasteiger partial charge < -0.3 is 19.4 Å². The Labute approximate surface area is 212 Å². The third kappa shape index (κ3) is 5.00. The van der Waals surface area contributed by atoms with Gasteiger partial charge in [0.05, 0.1) is 7.11 Å². The lowest BCUT2D eigenvalue weighted by molar-refractivity contribution is 0.120. The molecule has 0 unspecified atom stereocenters. The minimum Gasteiger partial charge on any atom is -0.496 e. The molecule has 0 amide bonds. The lowest BCUT2D eigenvalue weighted by atomic mass is 9.93. The molecule has 36 heavy (non-hydrogen) atoms. The van der Waals surface area contributed by atoms with Crippen LogP contribution in [0.4, 0.5) is 0 Å². The predicted octanol–water partition coefficient (Wildman–Crippen LogP) is 6.37. The molecule has 2 N–H and O–H groups in total. The Morgan fingerprint density at radius 1 is 1.06 bits per heavy atom. The van der Waals surface area contributed by atoms with E-state index in [4.69, 9.17) is 19.9 Å². The van der Waals surface area contributed by atoms with E-state index in [1.54, 1.807) is 7.11 Å². The van der Waals surface area contributed by atoms with Gasteiger partial charge in [-0.05, 0) is 55.9 Å². The van der Waals surface area contributed by atoms with Crippen molar-refractivity contribution < 1.29 is 9.47 Å². The van der Waals surface area contributed by atoms with Gasteiger partial charge in [-0.15, -0.1) is 0 Å². The van der Waals surface area contributed by atoms with E-state index < -0.39 is 0 Å². The Kier molecular flexibility index (Phi) is 7.33. The number of H-pyrrole nitrogens is 1. The molecule has 0 aliphatic carbocycles. The topological polar surface area (TPSA) is 74.2 Å². The molecule has 0 radical (unpaired) electrons. The van der Waals surface area contributed by atoms with E-state index in [1.807, 2.05) is 49.6 Å². The van der Waals surface area contributed by atoms with Crippen molar-refractivity contribution in [2.24, 2.45) is 5.92 Å². The number of ether oxygens (including phenoxy) is 2. The summed E-state index contributed by atoms with van der Waals surface area (Å²) >= 11 is 0. The van der Waals surface area contributed by atoms with E-state index >= 15 is 0 Å². The van der Waals surface area contributed by atoms with E-state index in [2.05, 4.69) is 34.1 Å². The molecule has 6 nitrogen and oxygen atoms in total. The molecule has 1 fully saturated rings. The lowest BCUT2D eigenvalue weighted by Gasteiger charge is -2.33. The van der Waals surface area contributed by atoms with Crippen molar-refractivity contribution in [3.63, 3.8) is 0 Å². The first-order valence-electron chi connectivity index (χ1n) is 12.8. The molecule has 1 aliphatic heterocycles. The highest BCUT2D eigenvalue weighted by atomic mass is 16.5. The first-order valence-corrected chi connectivity index (χ1v) is 12.8. The van der Waals surface area contributed by atoms with Gasteiger partial charge in [0.25, 0.3) is 0 Å². The average Bonchev–Trinajstić information content (AvgIpc) is 3.36. The molecule has 0 saturated carbocycles. The van der Waals surface area contributed by atoms with Crippen LogP contribution in [0.5, 0.6) is 5.75 Å². The molecule has 2 aromatic carbocycles. The summed E-state index contributed by atoms with van der Waals surface area (Å²) in [5, 5.41) is 9.93. The maximum atomic E-state index is 8.88. The molecule has 186 valence electrons. The van der Waals surface area contributed by atoms with Gasteiger partial charge in [-0.1, -0.05) is 36.4 Å². The van der Waals surface area contributed by atoms with Gasteiger partial charge in [-0.2, -0.15) is 0 Å². The fourth-order valence-electron chi connectivity index (χ4n) is 5.12. The van der Waals surface area contributed by atoms with Crippen LogP contribution in [0.1, 0.15) is 31.7 Å². The smallest absolute Gasteiger partial charge is 0.137 e. The van der Waals surface area contributed by atoms with E-state index in [-0.39, 0.29) is 0 Å². The number of pyridine rings is 1. The monoisotopic (exact) mass is 482 g/mol. The Morgan fingerprint density at radius 2 is 1.89 bits per heavy atom. The maximum Gasteiger partial charge on any atom is 0.137 e. The quantitative estimate of drug-likeness (QED) is 0.174. The summed E-state index contributed by atoms with van der Waals surface area (Å²) in [5.41, 5.74) is 5.97. The Morgan fingerprint density at radius 3 is 2.69 bits per heavy atom. The van der Waals surface area contributed by atoms with Crippen LogP contribution in [0, 0.1) is 11.3 Å². The van der Waals surface area contributed by atoms with Gasteiger partial charge in [-0.3, -0.25) is 5.41 Å². The van der Waals surface area contributed by atoms with Gasteiger partial charge in [0.15, 0.2) is 0 Å². The molecule has 0 atom stereocenters. The van der Waals surface area contributed by atoms with Crippen molar-refractivity contribution in [1.82, 2.24) is 14.9 Å². The van der Waals surface area contributed by atoms with Crippen molar-refractivity contribution in [1.29, 1.82) is 5.41 Å². The molecule has 0 spiro atoms. The maximum absolute atomic E-state index is 8.88. The second kappa shape index (κ2) is 11.0. The fraction of sp³-hybridized carbons (Fsp3) is 0.333. The molecular weight excluding hydrogens is 448 g/mol. The third-order valence-corrected chi connectivity index (χ3v) is 7.20. The second-order valence-corrected chi connectivity index (χ2v) is 9.37. The predicted molar refractivity (Wildman–Crippen MR) is 146 cm³/mol. The minimum atomic E-state index is 0.602. The van der Waals surface area contributed by atoms with E-state index in [0.717, 1.165) is 90.2 Å². The number of methoxy groups -OCH3 is 1. The Hall–Kier alpha value is -3.64. The van der Waals surface area contributed by atoms with Crippen LogP contribution in [0.15, 0.2) is 67.0 Å². The summed E-state index contributed by atoms with van der Waals surface area (Å²) in [6, 6.07) is 18.5. The zero-order valence-corrected chi connectivity index (χ0v) is 21.1. The first kappa shape index (κ1) is 24.1. The average molecular weight is 483 g/mol. The van der Waals surface area contributed by atoms with Gasteiger partial charge in [-0.25, -0.2) is 4.98 Å². The standard InChI is InChI=1S/C30H34N4O2/c1-3-36-16-13-21-11-14-34(15-12-21)29(31)23-8-6-7-22(17-23)24-18-26-27(20-33-30(26)32-19-24)25-9-4-5-10-28(25)35-2/h4-10,17-21,31H,3,11-16H2,1-2H3,(H,32,33). The summed E-state index contributed by atoms with van der Waals surface area (Å²) in [6.07, 6.45) is 7.25. The number of nitrogens with zero attached hydrogens (tertiary/aromatic N) is 2. The van der Waals surface area contributed by atoms with E-state index in [1.165, 1.54) is 0 Å². The second-order valence-electron chi connectivity index (χ2n) is 9.37. The molecule has 3 heterocycles. The fourth-order valence-corrected chi connectivity index (χ4v) is 5.12. The number of benzene rings is 2. The molecule has 0 bridgehead atoms. The summed E-state index contributed by atoms with van der Waals surface area (Å²) < 4.78 is 11.1. The number of fused-ring (bicyclic) bond motifs is 1. The van der Waals surface area contributed by atoms with E-state index in [9.17, 15) is 0 Å². The number of piperidine rings is 1. The lowest BCUT2D eigenvalue weighted by Crippen LogP contribution is -2.38. The molecule has 6 heteroatoms. The molecule has 2 aromatic heterocycles. The minimum absolute atomic E-state index is 0.602. The molecule has 1 aliphatic rings. The van der Waals surface area contributed by atoms with Crippen molar-refractivity contribution in [3.8, 4) is 28.0 Å². The van der Waals surface area contributed by atoms with Crippen molar-refractivity contribution in [2.45, 2.75) is 26.2 Å². The number of likely N-dealkylation sites (tertiary alicyclic amines) is 1. The molecule has 1 saturated heterocycles. The van der Waals surface area contributed by atoms with Crippen molar-refractivity contribution in [2.75, 3.05) is 33.4 Å². The number of nitrogens with one attached hydrogen (secondary N) is 2. The Bertz CT molecular complexity index is 1340. The van der Waals surface area contributed by atoms with Gasteiger partial charge in [0.1, 0.15) is 17.2 Å². The van der Waals surface area contributed by atoms with Crippen LogP contribution in [0.25, 0.3) is 33.3 Å². The van der Waals surface area contributed by atoms with Crippen molar-refractivity contribution >= 4 is 16.9 Å². The number of hydrogen-bond donors (Lipinski definition) is 2. The van der Waals surface area contributed by atoms with Gasteiger partial charge in [0.2, 0.25) is 0 Å². The van der Waals surface area contributed by atoms with Crippen LogP contribution in [-0.4, -0.2) is 54.1 Å². The number of rotatable bonds is 8. The first-order chi connectivity index (χ1) is 17.7. The molecule has 5 rings (SSSR count). The number of amidine groups is 1.